The minimum atomic E-state index is -3.99. The van der Waals surface area contributed by atoms with Crippen LogP contribution in [-0.2, 0) is 15.6 Å². The molecule has 2 aromatic carbocycles. The number of sulfone groups is 1. The minimum Gasteiger partial charge on any atom is -0.495 e. The molecule has 0 amide bonds. The predicted molar refractivity (Wildman–Crippen MR) is 105 cm³/mol. The first-order valence-corrected chi connectivity index (χ1v) is 10.1. The van der Waals surface area contributed by atoms with Gasteiger partial charge >= 0.3 is 5.97 Å². The molecule has 0 aliphatic heterocycles. The number of nitriles is 1. The van der Waals surface area contributed by atoms with E-state index in [1.807, 2.05) is 6.07 Å². The number of carboxylic acids is 1. The Morgan fingerprint density at radius 1 is 1.17 bits per heavy atom. The molecule has 146 valence electrons. The highest BCUT2D eigenvalue weighted by molar-refractivity contribution is 7.90. The Morgan fingerprint density at radius 3 is 2.59 bits per heavy atom. The van der Waals surface area contributed by atoms with E-state index in [-0.39, 0.29) is 16.2 Å². The zero-order valence-corrected chi connectivity index (χ0v) is 16.2. The van der Waals surface area contributed by atoms with Crippen molar-refractivity contribution in [2.45, 2.75) is 10.6 Å². The zero-order chi connectivity index (χ0) is 21.0. The third-order valence-electron chi connectivity index (χ3n) is 4.27. The summed E-state index contributed by atoms with van der Waals surface area (Å²) in [7, 11) is -2.68. The molecule has 0 bridgehead atoms. The molecule has 0 saturated heterocycles. The van der Waals surface area contributed by atoms with Gasteiger partial charge in [-0.25, -0.2) is 13.2 Å². The van der Waals surface area contributed by atoms with Crippen LogP contribution in [0.3, 0.4) is 0 Å². The van der Waals surface area contributed by atoms with Crippen molar-refractivity contribution in [1.29, 1.82) is 5.26 Å². The predicted octanol–water partition coefficient (Wildman–Crippen LogP) is 3.30. The van der Waals surface area contributed by atoms with E-state index in [1.54, 1.807) is 36.5 Å². The minimum absolute atomic E-state index is 0.0471. The van der Waals surface area contributed by atoms with Crippen LogP contribution in [0.4, 0.5) is 0 Å². The van der Waals surface area contributed by atoms with Gasteiger partial charge in [-0.05, 0) is 48.0 Å². The van der Waals surface area contributed by atoms with Gasteiger partial charge in [-0.2, -0.15) is 5.26 Å². The maximum atomic E-state index is 13.2. The molecule has 1 aromatic heterocycles. The maximum Gasteiger partial charge on any atom is 0.335 e. The van der Waals surface area contributed by atoms with Crippen LogP contribution in [0.15, 0.2) is 65.7 Å². The van der Waals surface area contributed by atoms with Crippen LogP contribution in [0.2, 0.25) is 0 Å². The lowest BCUT2D eigenvalue weighted by atomic mass is 10.0. The Bertz CT molecular complexity index is 1220. The van der Waals surface area contributed by atoms with E-state index < -0.39 is 21.6 Å². The van der Waals surface area contributed by atoms with Crippen LogP contribution in [0, 0.1) is 11.3 Å². The molecule has 0 aliphatic rings. The van der Waals surface area contributed by atoms with E-state index in [4.69, 9.17) is 4.74 Å². The number of pyridine rings is 1. The lowest BCUT2D eigenvalue weighted by Gasteiger charge is -2.13. The van der Waals surface area contributed by atoms with Crippen LogP contribution >= 0.6 is 0 Å². The number of carboxylic acid groups (broad SMARTS) is 1. The van der Waals surface area contributed by atoms with Crippen LogP contribution in [0.5, 0.6) is 5.75 Å². The van der Waals surface area contributed by atoms with Crippen molar-refractivity contribution in [3.8, 4) is 23.1 Å². The van der Waals surface area contributed by atoms with E-state index in [9.17, 15) is 23.6 Å². The first kappa shape index (κ1) is 20.0. The first-order chi connectivity index (χ1) is 13.9. The van der Waals surface area contributed by atoms with E-state index in [0.29, 0.717) is 22.4 Å². The zero-order valence-electron chi connectivity index (χ0n) is 15.4. The quantitative estimate of drug-likeness (QED) is 0.665. The van der Waals surface area contributed by atoms with Crippen molar-refractivity contribution in [3.63, 3.8) is 0 Å². The number of aromatic carboxylic acids is 1. The van der Waals surface area contributed by atoms with Gasteiger partial charge in [-0.15, -0.1) is 0 Å². The molecular formula is C21H16N2O5S. The average Bonchev–Trinajstić information content (AvgIpc) is 2.73. The van der Waals surface area contributed by atoms with Crippen molar-refractivity contribution in [2.24, 2.45) is 0 Å². The SMILES string of the molecule is COc1ccc(C(=O)O)cc1S(=O)(=O)Cc1cc(C#N)ccc1-c1ccccn1. The molecule has 0 spiro atoms. The van der Waals surface area contributed by atoms with Gasteiger partial charge in [-0.3, -0.25) is 4.98 Å². The summed E-state index contributed by atoms with van der Waals surface area (Å²) >= 11 is 0. The number of nitrogens with zero attached hydrogens (tertiary/aromatic N) is 2. The summed E-state index contributed by atoms with van der Waals surface area (Å²) in [5, 5.41) is 18.4. The molecule has 0 atom stereocenters. The summed E-state index contributed by atoms with van der Waals surface area (Å²) in [4.78, 5) is 15.3. The third kappa shape index (κ3) is 4.25. The highest BCUT2D eigenvalue weighted by Crippen LogP contribution is 2.31. The fourth-order valence-corrected chi connectivity index (χ4v) is 4.46. The molecule has 8 heteroatoms. The van der Waals surface area contributed by atoms with Crippen molar-refractivity contribution < 1.29 is 23.1 Å². The lowest BCUT2D eigenvalue weighted by Crippen LogP contribution is -2.10. The number of methoxy groups -OCH3 is 1. The molecule has 7 nitrogen and oxygen atoms in total. The third-order valence-corrected chi connectivity index (χ3v) is 5.95. The fourth-order valence-electron chi connectivity index (χ4n) is 2.89. The smallest absolute Gasteiger partial charge is 0.335 e. The summed E-state index contributed by atoms with van der Waals surface area (Å²) in [6, 6.07) is 15.6. The van der Waals surface area contributed by atoms with Gasteiger partial charge in [0.05, 0.1) is 35.8 Å². The standard InChI is InChI=1S/C21H16N2O5S/c1-28-19-8-6-15(21(24)25)11-20(19)29(26,27)13-16-10-14(12-22)5-7-17(16)18-4-2-3-9-23-18/h2-11H,13H2,1H3,(H,24,25). The summed E-state index contributed by atoms with van der Waals surface area (Å²) in [6.45, 7) is 0. The molecule has 0 saturated carbocycles. The van der Waals surface area contributed by atoms with Gasteiger partial charge in [0.1, 0.15) is 10.6 Å². The number of hydrogen-bond donors (Lipinski definition) is 1. The van der Waals surface area contributed by atoms with Crippen molar-refractivity contribution >= 4 is 15.8 Å². The first-order valence-electron chi connectivity index (χ1n) is 8.44. The number of rotatable bonds is 6. The second-order valence-corrected chi connectivity index (χ2v) is 8.09. The van der Waals surface area contributed by atoms with Gasteiger partial charge < -0.3 is 9.84 Å². The van der Waals surface area contributed by atoms with Crippen LogP contribution in [0.25, 0.3) is 11.3 Å². The van der Waals surface area contributed by atoms with Gasteiger partial charge in [-0.1, -0.05) is 12.1 Å². The van der Waals surface area contributed by atoms with Gasteiger partial charge in [0.25, 0.3) is 0 Å². The molecule has 0 unspecified atom stereocenters. The van der Waals surface area contributed by atoms with Crippen LogP contribution < -0.4 is 4.74 Å². The molecule has 1 N–H and O–H groups in total. The van der Waals surface area contributed by atoms with E-state index in [2.05, 4.69) is 4.98 Å². The maximum absolute atomic E-state index is 13.2. The average molecular weight is 408 g/mol. The van der Waals surface area contributed by atoms with E-state index >= 15 is 0 Å². The van der Waals surface area contributed by atoms with Crippen molar-refractivity contribution in [3.05, 3.63) is 77.5 Å². The molecular weight excluding hydrogens is 392 g/mol. The number of ether oxygens (including phenoxy) is 1. The van der Waals surface area contributed by atoms with E-state index in [0.717, 1.165) is 6.07 Å². The molecule has 3 rings (SSSR count). The highest BCUT2D eigenvalue weighted by atomic mass is 32.2. The number of hydrogen-bond acceptors (Lipinski definition) is 6. The molecule has 1 heterocycles. The Morgan fingerprint density at radius 2 is 1.97 bits per heavy atom. The Hall–Kier alpha value is -3.70. The number of aromatic nitrogens is 1. The van der Waals surface area contributed by atoms with Crippen molar-refractivity contribution in [2.75, 3.05) is 7.11 Å². The largest absolute Gasteiger partial charge is 0.495 e. The van der Waals surface area contributed by atoms with Crippen molar-refractivity contribution in [1.82, 2.24) is 4.98 Å². The molecule has 0 fully saturated rings. The Kier molecular flexibility index (Phi) is 5.61. The normalized spacial score (nSPS) is 10.9. The Labute approximate surface area is 167 Å². The van der Waals surface area contributed by atoms with Gasteiger partial charge in [0, 0.05) is 11.8 Å². The van der Waals surface area contributed by atoms with Gasteiger partial charge in [0.2, 0.25) is 0 Å². The lowest BCUT2D eigenvalue weighted by molar-refractivity contribution is 0.0696. The van der Waals surface area contributed by atoms with Crippen LogP contribution in [0.1, 0.15) is 21.5 Å². The number of carbonyl (C=O) groups is 1. The second-order valence-electron chi connectivity index (χ2n) is 6.13. The van der Waals surface area contributed by atoms with Gasteiger partial charge in [0.15, 0.2) is 9.84 Å². The topological polar surface area (TPSA) is 117 Å². The monoisotopic (exact) mass is 408 g/mol. The second kappa shape index (κ2) is 8.12. The summed E-state index contributed by atoms with van der Waals surface area (Å²) < 4.78 is 31.5. The van der Waals surface area contributed by atoms with Crippen LogP contribution in [-0.4, -0.2) is 31.6 Å². The van der Waals surface area contributed by atoms with E-state index in [1.165, 1.54) is 25.3 Å². The fraction of sp³-hybridized carbons (Fsp3) is 0.0952. The summed E-state index contributed by atoms with van der Waals surface area (Å²) in [5.41, 5.74) is 1.65. The number of benzene rings is 2. The molecule has 29 heavy (non-hydrogen) atoms. The summed E-state index contributed by atoms with van der Waals surface area (Å²) in [6.07, 6.45) is 1.59. The highest BCUT2D eigenvalue weighted by Gasteiger charge is 2.24. The summed E-state index contributed by atoms with van der Waals surface area (Å²) in [5.74, 6) is -1.65. The molecule has 0 radical (unpaired) electrons. The molecule has 3 aromatic rings. The Balaban J connectivity index is 2.13. The molecule has 0 aliphatic carbocycles.